The standard InChI is InChI=1S/C20H16N4O/c1-25-19-10-6-5-9-15(19)23-18-12-21-11-17-20(18)24-16(13-22-17)14-7-3-2-4-8-14/h2-13,23H,1H3. The van der Waals surface area contributed by atoms with Crippen molar-refractivity contribution in [3.63, 3.8) is 0 Å². The van der Waals surface area contributed by atoms with E-state index >= 15 is 0 Å². The van der Waals surface area contributed by atoms with Crippen molar-refractivity contribution in [3.8, 4) is 17.0 Å². The topological polar surface area (TPSA) is 59.9 Å². The van der Waals surface area contributed by atoms with Crippen molar-refractivity contribution in [1.29, 1.82) is 0 Å². The first-order valence-electron chi connectivity index (χ1n) is 7.91. The van der Waals surface area contributed by atoms with Crippen LogP contribution in [0, 0.1) is 0 Å². The first-order valence-corrected chi connectivity index (χ1v) is 7.91. The number of para-hydroxylation sites is 2. The van der Waals surface area contributed by atoms with Gasteiger partial charge in [-0.3, -0.25) is 9.97 Å². The van der Waals surface area contributed by atoms with Gasteiger partial charge < -0.3 is 10.1 Å². The van der Waals surface area contributed by atoms with Crippen molar-refractivity contribution in [2.45, 2.75) is 0 Å². The SMILES string of the molecule is COc1ccccc1Nc1cncc2ncc(-c3ccccc3)nc12. The van der Waals surface area contributed by atoms with E-state index in [1.165, 1.54) is 0 Å². The number of nitrogens with zero attached hydrogens (tertiary/aromatic N) is 3. The third-order valence-corrected chi connectivity index (χ3v) is 3.90. The summed E-state index contributed by atoms with van der Waals surface area (Å²) in [5.74, 6) is 0.756. The van der Waals surface area contributed by atoms with Gasteiger partial charge in [0.05, 0.1) is 42.8 Å². The van der Waals surface area contributed by atoms with E-state index in [1.807, 2.05) is 54.6 Å². The molecular weight excluding hydrogens is 312 g/mol. The highest BCUT2D eigenvalue weighted by atomic mass is 16.5. The minimum Gasteiger partial charge on any atom is -0.495 e. The highest BCUT2D eigenvalue weighted by Gasteiger charge is 2.09. The van der Waals surface area contributed by atoms with Gasteiger partial charge in [0.1, 0.15) is 16.8 Å². The molecule has 5 nitrogen and oxygen atoms in total. The van der Waals surface area contributed by atoms with E-state index in [4.69, 9.17) is 9.72 Å². The van der Waals surface area contributed by atoms with E-state index < -0.39 is 0 Å². The fraction of sp³-hybridized carbons (Fsp3) is 0.0500. The number of hydrogen-bond donors (Lipinski definition) is 1. The smallest absolute Gasteiger partial charge is 0.142 e. The lowest BCUT2D eigenvalue weighted by atomic mass is 10.1. The first-order chi connectivity index (χ1) is 12.3. The van der Waals surface area contributed by atoms with Gasteiger partial charge in [0, 0.05) is 5.56 Å². The molecule has 4 rings (SSSR count). The van der Waals surface area contributed by atoms with E-state index in [2.05, 4.69) is 15.3 Å². The number of pyridine rings is 1. The second-order valence-corrected chi connectivity index (χ2v) is 5.50. The number of aromatic nitrogens is 3. The number of rotatable bonds is 4. The van der Waals surface area contributed by atoms with Crippen molar-refractivity contribution >= 4 is 22.4 Å². The molecule has 0 unspecified atom stereocenters. The number of benzene rings is 2. The van der Waals surface area contributed by atoms with Gasteiger partial charge in [-0.15, -0.1) is 0 Å². The Kier molecular flexibility index (Phi) is 3.96. The molecule has 0 radical (unpaired) electrons. The molecular formula is C20H16N4O. The highest BCUT2D eigenvalue weighted by Crippen LogP contribution is 2.30. The molecule has 2 heterocycles. The van der Waals surface area contributed by atoms with Crippen molar-refractivity contribution in [2.24, 2.45) is 0 Å². The molecule has 1 N–H and O–H groups in total. The number of nitrogens with one attached hydrogen (secondary N) is 1. The molecule has 0 atom stereocenters. The Hall–Kier alpha value is -3.47. The van der Waals surface area contributed by atoms with Crippen LogP contribution in [0.25, 0.3) is 22.3 Å². The van der Waals surface area contributed by atoms with Crippen LogP contribution in [0.4, 0.5) is 11.4 Å². The highest BCUT2D eigenvalue weighted by molar-refractivity contribution is 5.90. The van der Waals surface area contributed by atoms with Gasteiger partial charge in [-0.25, -0.2) is 4.98 Å². The van der Waals surface area contributed by atoms with Crippen molar-refractivity contribution in [2.75, 3.05) is 12.4 Å². The molecule has 0 bridgehead atoms. The van der Waals surface area contributed by atoms with Crippen molar-refractivity contribution in [3.05, 3.63) is 73.2 Å². The largest absolute Gasteiger partial charge is 0.495 e. The second kappa shape index (κ2) is 6.57. The van der Waals surface area contributed by atoms with Crippen molar-refractivity contribution in [1.82, 2.24) is 15.0 Å². The maximum absolute atomic E-state index is 5.40. The summed E-state index contributed by atoms with van der Waals surface area (Å²) in [6.07, 6.45) is 5.23. The molecule has 0 aliphatic carbocycles. The average molecular weight is 328 g/mol. The summed E-state index contributed by atoms with van der Waals surface area (Å²) in [6, 6.07) is 17.7. The molecule has 2 aromatic carbocycles. The van der Waals surface area contributed by atoms with Crippen LogP contribution in [0.3, 0.4) is 0 Å². The third-order valence-electron chi connectivity index (χ3n) is 3.90. The lowest BCUT2D eigenvalue weighted by Gasteiger charge is -2.12. The van der Waals surface area contributed by atoms with Crippen LogP contribution in [0.5, 0.6) is 5.75 Å². The van der Waals surface area contributed by atoms with Crippen LogP contribution in [-0.2, 0) is 0 Å². The Balaban J connectivity index is 1.81. The van der Waals surface area contributed by atoms with Gasteiger partial charge in [-0.2, -0.15) is 0 Å². The van der Waals surface area contributed by atoms with E-state index in [0.717, 1.165) is 39.4 Å². The van der Waals surface area contributed by atoms with Crippen LogP contribution in [0.2, 0.25) is 0 Å². The van der Waals surface area contributed by atoms with Crippen LogP contribution in [0.1, 0.15) is 0 Å². The van der Waals surface area contributed by atoms with Gasteiger partial charge in [0.15, 0.2) is 0 Å². The molecule has 0 amide bonds. The number of hydrogen-bond acceptors (Lipinski definition) is 5. The molecule has 0 saturated carbocycles. The Morgan fingerprint density at radius 1 is 0.840 bits per heavy atom. The molecule has 0 saturated heterocycles. The molecule has 4 aromatic rings. The minimum absolute atomic E-state index is 0.736. The van der Waals surface area contributed by atoms with Crippen LogP contribution in [-0.4, -0.2) is 22.1 Å². The van der Waals surface area contributed by atoms with Crippen LogP contribution < -0.4 is 10.1 Å². The van der Waals surface area contributed by atoms with Crippen LogP contribution in [0.15, 0.2) is 73.2 Å². The van der Waals surface area contributed by atoms with Gasteiger partial charge in [-0.1, -0.05) is 42.5 Å². The predicted molar refractivity (Wildman–Crippen MR) is 99.0 cm³/mol. The lowest BCUT2D eigenvalue weighted by molar-refractivity contribution is 0.417. The quantitative estimate of drug-likeness (QED) is 0.600. The normalized spacial score (nSPS) is 10.6. The zero-order valence-corrected chi connectivity index (χ0v) is 13.7. The molecule has 0 aliphatic rings. The molecule has 122 valence electrons. The minimum atomic E-state index is 0.736. The lowest BCUT2D eigenvalue weighted by Crippen LogP contribution is -1.98. The number of anilines is 2. The van der Waals surface area contributed by atoms with E-state index in [-0.39, 0.29) is 0 Å². The zero-order valence-electron chi connectivity index (χ0n) is 13.7. The first kappa shape index (κ1) is 15.1. The Morgan fingerprint density at radius 2 is 1.64 bits per heavy atom. The molecule has 25 heavy (non-hydrogen) atoms. The molecule has 2 aromatic heterocycles. The molecule has 0 fully saturated rings. The van der Waals surface area contributed by atoms with Crippen LogP contribution >= 0.6 is 0 Å². The number of methoxy groups -OCH3 is 1. The summed E-state index contributed by atoms with van der Waals surface area (Å²) in [7, 11) is 1.65. The monoisotopic (exact) mass is 328 g/mol. The average Bonchev–Trinajstić information content (AvgIpc) is 2.69. The maximum atomic E-state index is 5.40. The van der Waals surface area contributed by atoms with Gasteiger partial charge in [-0.05, 0) is 12.1 Å². The van der Waals surface area contributed by atoms with Gasteiger partial charge in [0.2, 0.25) is 0 Å². The Labute approximate surface area is 145 Å². The predicted octanol–water partition coefficient (Wildman–Crippen LogP) is 4.44. The molecule has 0 aliphatic heterocycles. The maximum Gasteiger partial charge on any atom is 0.142 e. The fourth-order valence-electron chi connectivity index (χ4n) is 2.67. The zero-order chi connectivity index (χ0) is 17.1. The van der Waals surface area contributed by atoms with Gasteiger partial charge >= 0.3 is 0 Å². The summed E-state index contributed by atoms with van der Waals surface area (Å²) in [5, 5.41) is 3.36. The summed E-state index contributed by atoms with van der Waals surface area (Å²) in [4.78, 5) is 13.6. The van der Waals surface area contributed by atoms with E-state index in [0.29, 0.717) is 0 Å². The fourth-order valence-corrected chi connectivity index (χ4v) is 2.67. The van der Waals surface area contributed by atoms with Gasteiger partial charge in [0.25, 0.3) is 0 Å². The summed E-state index contributed by atoms with van der Waals surface area (Å²) in [5.41, 5.74) is 4.99. The number of fused-ring (bicyclic) bond motifs is 1. The molecule has 0 spiro atoms. The van der Waals surface area contributed by atoms with Crippen molar-refractivity contribution < 1.29 is 4.74 Å². The molecule has 5 heteroatoms. The number of ether oxygens (including phenoxy) is 1. The third kappa shape index (κ3) is 2.99. The summed E-state index contributed by atoms with van der Waals surface area (Å²) in [6.45, 7) is 0. The summed E-state index contributed by atoms with van der Waals surface area (Å²) >= 11 is 0. The summed E-state index contributed by atoms with van der Waals surface area (Å²) < 4.78 is 5.40. The Bertz CT molecular complexity index is 1020. The Morgan fingerprint density at radius 3 is 2.48 bits per heavy atom. The van der Waals surface area contributed by atoms with E-state index in [9.17, 15) is 0 Å². The second-order valence-electron chi connectivity index (χ2n) is 5.50. The van der Waals surface area contributed by atoms with E-state index in [1.54, 1.807) is 25.7 Å².